The number of hydrogen-bond acceptors (Lipinski definition) is 5. The number of methoxy groups -OCH3 is 1. The van der Waals surface area contributed by atoms with E-state index in [0.717, 1.165) is 0 Å². The highest BCUT2D eigenvalue weighted by Gasteiger charge is 2.44. The summed E-state index contributed by atoms with van der Waals surface area (Å²) in [5.41, 5.74) is 0. The second-order valence-electron chi connectivity index (χ2n) is 3.64. The summed E-state index contributed by atoms with van der Waals surface area (Å²) in [6.45, 7) is -1.71. The highest BCUT2D eigenvalue weighted by molar-refractivity contribution is 8.46. The molecule has 5 nitrogen and oxygen atoms in total. The molecule has 1 heterocycles. The van der Waals surface area contributed by atoms with Crippen molar-refractivity contribution in [3.63, 3.8) is 0 Å². The topological polar surface area (TPSA) is 65.0 Å². The van der Waals surface area contributed by atoms with Gasteiger partial charge in [-0.2, -0.15) is 0 Å². The molecule has 5 atom stereocenters. The Balaban J connectivity index is 2.76. The molecule has 1 saturated heterocycles. The van der Waals surface area contributed by atoms with Crippen LogP contribution in [-0.4, -0.2) is 57.6 Å². The molecule has 8 heteroatoms. The minimum Gasteiger partial charge on any atom is -0.394 e. The summed E-state index contributed by atoms with van der Waals surface area (Å²) in [6.07, 6.45) is -1.38. The van der Waals surface area contributed by atoms with Gasteiger partial charge in [0.1, 0.15) is 26.2 Å². The van der Waals surface area contributed by atoms with Crippen LogP contribution in [0.4, 0.5) is 0 Å². The molecular formula is C7H16BO5PS. The van der Waals surface area contributed by atoms with E-state index in [-0.39, 0.29) is 18.7 Å². The molecular weight excluding hydrogens is 238 g/mol. The maximum atomic E-state index is 11.4. The molecule has 0 aliphatic carbocycles. The van der Waals surface area contributed by atoms with Gasteiger partial charge in [0.25, 0.3) is 6.57 Å². The highest BCUT2D eigenvalue weighted by Crippen LogP contribution is 2.50. The molecule has 0 radical (unpaired) electrons. The number of hydrogen-bond donors (Lipinski definition) is 2. The maximum absolute atomic E-state index is 11.4. The molecule has 0 aromatic rings. The van der Waals surface area contributed by atoms with E-state index in [2.05, 4.69) is 12.2 Å². The smallest absolute Gasteiger partial charge is 0.252 e. The Morgan fingerprint density at radius 2 is 2.20 bits per heavy atom. The summed E-state index contributed by atoms with van der Waals surface area (Å²) in [5, 5.41) is 9.09. The molecule has 0 amide bonds. The van der Waals surface area contributed by atoms with Crippen LogP contribution >= 0.6 is 18.8 Å². The zero-order valence-electron chi connectivity index (χ0n) is 8.99. The molecule has 1 rings (SSSR count). The molecule has 0 saturated carbocycles. The summed E-state index contributed by atoms with van der Waals surface area (Å²) in [6, 6.07) is -0.197. The van der Waals surface area contributed by atoms with Crippen LogP contribution in [-0.2, 0) is 18.6 Å². The van der Waals surface area contributed by atoms with E-state index < -0.39 is 18.8 Å². The lowest BCUT2D eigenvalue weighted by Crippen LogP contribution is -2.37. The average molecular weight is 254 g/mol. The van der Waals surface area contributed by atoms with Gasteiger partial charge in [0.15, 0.2) is 0 Å². The first-order chi connectivity index (χ1) is 6.89. The molecule has 0 bridgehead atoms. The lowest BCUT2D eigenvalue weighted by Gasteiger charge is -2.23. The summed E-state index contributed by atoms with van der Waals surface area (Å²) in [5.74, 6) is 0. The Kier molecular flexibility index (Phi) is 4.71. The highest BCUT2D eigenvalue weighted by atomic mass is 32.7. The summed E-state index contributed by atoms with van der Waals surface area (Å²) in [7, 11) is 3.35. The zero-order chi connectivity index (χ0) is 11.6. The summed E-state index contributed by atoms with van der Waals surface area (Å²) < 4.78 is 27.4. The fourth-order valence-corrected chi connectivity index (χ4v) is 2.77. The van der Waals surface area contributed by atoms with Crippen molar-refractivity contribution in [3.05, 3.63) is 0 Å². The number of aliphatic hydroxyl groups is 1. The third kappa shape index (κ3) is 3.48. The molecule has 1 aliphatic rings. The van der Waals surface area contributed by atoms with E-state index in [1.165, 1.54) is 13.8 Å². The molecule has 1 aliphatic heterocycles. The Hall–Kier alpha value is 0.485. The molecule has 15 heavy (non-hydrogen) atoms. The van der Waals surface area contributed by atoms with Gasteiger partial charge in [-0.1, -0.05) is 12.2 Å². The number of rotatable bonds is 4. The van der Waals surface area contributed by atoms with Gasteiger partial charge in [-0.05, 0) is 0 Å². The Labute approximate surface area is 95.5 Å². The SMILES string of the molecule is BC1OC(CO)C(OP(C)(=O)S)C1OC. The van der Waals surface area contributed by atoms with Crippen molar-refractivity contribution in [2.24, 2.45) is 0 Å². The first-order valence-electron chi connectivity index (χ1n) is 4.67. The van der Waals surface area contributed by atoms with Gasteiger partial charge < -0.3 is 19.1 Å². The molecule has 0 spiro atoms. The van der Waals surface area contributed by atoms with E-state index >= 15 is 0 Å². The van der Waals surface area contributed by atoms with Gasteiger partial charge in [-0.25, -0.2) is 0 Å². The number of thiol groups is 1. The average Bonchev–Trinajstić information content (AvgIpc) is 2.39. The fourth-order valence-electron chi connectivity index (χ4n) is 1.74. The molecule has 88 valence electrons. The first-order valence-corrected chi connectivity index (χ1v) is 7.89. The monoisotopic (exact) mass is 254 g/mol. The second-order valence-corrected chi connectivity index (χ2v) is 7.63. The lowest BCUT2D eigenvalue weighted by molar-refractivity contribution is 0.00202. The Bertz CT molecular complexity index is 260. The molecule has 0 aromatic heterocycles. The van der Waals surface area contributed by atoms with Crippen molar-refractivity contribution in [2.45, 2.75) is 24.3 Å². The van der Waals surface area contributed by atoms with Gasteiger partial charge >= 0.3 is 0 Å². The van der Waals surface area contributed by atoms with Gasteiger partial charge in [0, 0.05) is 13.8 Å². The van der Waals surface area contributed by atoms with Crippen molar-refractivity contribution in [3.8, 4) is 0 Å². The standard InChI is InChI=1S/C7H16BO5PS/c1-11-6-5(13-14(2,10)15)4(3-9)12-7(6)8/h4-7,9H,3,8H2,1-2H3,(H,10,15). The largest absolute Gasteiger partial charge is 0.394 e. The van der Waals surface area contributed by atoms with E-state index in [1.807, 2.05) is 7.85 Å². The van der Waals surface area contributed by atoms with Crippen molar-refractivity contribution >= 4 is 26.7 Å². The fraction of sp³-hybridized carbons (Fsp3) is 1.00. The van der Waals surface area contributed by atoms with Crippen LogP contribution < -0.4 is 0 Å². The third-order valence-electron chi connectivity index (χ3n) is 2.31. The quantitative estimate of drug-likeness (QED) is 0.402. The van der Waals surface area contributed by atoms with Crippen molar-refractivity contribution in [2.75, 3.05) is 20.4 Å². The predicted molar refractivity (Wildman–Crippen MR) is 62.5 cm³/mol. The third-order valence-corrected chi connectivity index (χ3v) is 3.23. The van der Waals surface area contributed by atoms with Crippen LogP contribution in [0.1, 0.15) is 0 Å². The van der Waals surface area contributed by atoms with Gasteiger partial charge in [0.05, 0.1) is 12.6 Å². The van der Waals surface area contributed by atoms with E-state index in [1.54, 1.807) is 0 Å². The van der Waals surface area contributed by atoms with Crippen LogP contribution in [0, 0.1) is 0 Å². The van der Waals surface area contributed by atoms with Crippen LogP contribution in [0.2, 0.25) is 0 Å². The number of ether oxygens (including phenoxy) is 2. The molecule has 1 N–H and O–H groups in total. The van der Waals surface area contributed by atoms with Gasteiger partial charge in [0.2, 0.25) is 0 Å². The summed E-state index contributed by atoms with van der Waals surface area (Å²) in [4.78, 5) is 0. The maximum Gasteiger partial charge on any atom is 0.252 e. The second kappa shape index (κ2) is 5.21. The van der Waals surface area contributed by atoms with E-state index in [4.69, 9.17) is 19.1 Å². The van der Waals surface area contributed by atoms with Gasteiger partial charge in [-0.3, -0.25) is 4.57 Å². The Morgan fingerprint density at radius 1 is 1.60 bits per heavy atom. The van der Waals surface area contributed by atoms with Crippen LogP contribution in [0.3, 0.4) is 0 Å². The zero-order valence-corrected chi connectivity index (χ0v) is 10.8. The van der Waals surface area contributed by atoms with E-state index in [0.29, 0.717) is 0 Å². The summed E-state index contributed by atoms with van der Waals surface area (Å²) >= 11 is 3.86. The van der Waals surface area contributed by atoms with Crippen LogP contribution in [0.15, 0.2) is 0 Å². The van der Waals surface area contributed by atoms with E-state index in [9.17, 15) is 4.57 Å². The van der Waals surface area contributed by atoms with Crippen LogP contribution in [0.5, 0.6) is 0 Å². The van der Waals surface area contributed by atoms with Crippen LogP contribution in [0.25, 0.3) is 0 Å². The normalized spacial score (nSPS) is 40.3. The predicted octanol–water partition coefficient (Wildman–Crippen LogP) is -0.510. The first kappa shape index (κ1) is 13.5. The number of aliphatic hydroxyl groups excluding tert-OH is 1. The van der Waals surface area contributed by atoms with Crippen molar-refractivity contribution in [1.29, 1.82) is 0 Å². The van der Waals surface area contributed by atoms with Crippen molar-refractivity contribution in [1.82, 2.24) is 0 Å². The lowest BCUT2D eigenvalue weighted by atomic mass is 9.93. The molecule has 0 aromatic carbocycles. The van der Waals surface area contributed by atoms with Crippen molar-refractivity contribution < 1.29 is 23.7 Å². The minimum absolute atomic E-state index is 0.192. The van der Waals surface area contributed by atoms with Gasteiger partial charge in [-0.15, -0.1) is 0 Å². The molecule has 5 unspecified atom stereocenters. The molecule has 1 fully saturated rings. The minimum atomic E-state index is -2.92. The Morgan fingerprint density at radius 3 is 2.60 bits per heavy atom.